The van der Waals surface area contributed by atoms with E-state index in [9.17, 15) is 0 Å². The quantitative estimate of drug-likeness (QED) is 0.363. The smallest absolute Gasteiger partial charge is 0.212 e. The van der Waals surface area contributed by atoms with Gasteiger partial charge in [-0.1, -0.05) is 18.2 Å². The van der Waals surface area contributed by atoms with Gasteiger partial charge < -0.3 is 9.47 Å². The van der Waals surface area contributed by atoms with Gasteiger partial charge in [0.05, 0.1) is 0 Å². The summed E-state index contributed by atoms with van der Waals surface area (Å²) in [6.07, 6.45) is 4.44. The number of hydrogen-bond donors (Lipinski definition) is 0. The van der Waals surface area contributed by atoms with Crippen LogP contribution in [0, 0.1) is 13.8 Å². The number of benzene rings is 2. The van der Waals surface area contributed by atoms with Crippen molar-refractivity contribution >= 4 is 28.7 Å². The maximum absolute atomic E-state index is 2.31. The third-order valence-electron chi connectivity index (χ3n) is 6.29. The van der Waals surface area contributed by atoms with Crippen molar-refractivity contribution in [3.05, 3.63) is 89.4 Å². The van der Waals surface area contributed by atoms with Crippen molar-refractivity contribution in [3.63, 3.8) is 0 Å². The summed E-state index contributed by atoms with van der Waals surface area (Å²) in [6.45, 7) is 8.78. The summed E-state index contributed by atoms with van der Waals surface area (Å²) in [6, 6.07) is 24.4. The van der Waals surface area contributed by atoms with E-state index in [0.717, 1.165) is 0 Å². The van der Waals surface area contributed by atoms with Gasteiger partial charge in [0.15, 0.2) is 0 Å². The molecule has 0 amide bonds. The minimum atomic E-state index is 0.475. The number of hydrogen-bond acceptors (Lipinski definition) is 1. The van der Waals surface area contributed by atoms with E-state index < -0.39 is 0 Å². The van der Waals surface area contributed by atoms with E-state index in [1.165, 1.54) is 44.9 Å². The molecule has 0 saturated carbocycles. The zero-order chi connectivity index (χ0) is 22.1. The Hall–Kier alpha value is -3.33. The summed E-state index contributed by atoms with van der Waals surface area (Å²) >= 11 is 0. The fourth-order valence-corrected chi connectivity index (χ4v) is 4.20. The predicted molar refractivity (Wildman–Crippen MR) is 133 cm³/mol. The zero-order valence-corrected chi connectivity index (χ0v) is 19.4. The molecule has 0 aliphatic carbocycles. The first-order chi connectivity index (χ1) is 14.9. The Kier molecular flexibility index (Phi) is 5.69. The molecule has 3 heteroatoms. The van der Waals surface area contributed by atoms with Gasteiger partial charge in [0.25, 0.3) is 0 Å². The summed E-state index contributed by atoms with van der Waals surface area (Å²) in [5, 5.41) is 1.26. The van der Waals surface area contributed by atoms with Crippen molar-refractivity contribution in [3.8, 4) is 5.69 Å². The van der Waals surface area contributed by atoms with Gasteiger partial charge in [-0.15, -0.1) is 0 Å². The van der Waals surface area contributed by atoms with E-state index in [1.54, 1.807) is 0 Å². The Bertz CT molecular complexity index is 1250. The molecule has 0 N–H and O–H groups in total. The number of aromatic nitrogens is 2. The van der Waals surface area contributed by atoms with Crippen LogP contribution < -0.4 is 9.47 Å². The van der Waals surface area contributed by atoms with E-state index in [-0.39, 0.29) is 0 Å². The standard InChI is InChI=1S/C28H32N3/c1-20(2)29(5)27-16-17-28-24(19-27)13-15-25(30(28)6)14-12-23-18-21(3)31(22(23)4)26-10-8-7-9-11-26/h7-20H,1-6H3/q+1. The molecular formula is C28H32N3+. The Morgan fingerprint density at radius 3 is 2.35 bits per heavy atom. The summed E-state index contributed by atoms with van der Waals surface area (Å²) in [5.74, 6) is 0. The van der Waals surface area contributed by atoms with Crippen LogP contribution in [-0.4, -0.2) is 17.7 Å². The van der Waals surface area contributed by atoms with Crippen molar-refractivity contribution in [1.29, 1.82) is 0 Å². The van der Waals surface area contributed by atoms with Gasteiger partial charge in [-0.3, -0.25) is 0 Å². The number of fused-ring (bicyclic) bond motifs is 1. The molecule has 2 heterocycles. The van der Waals surface area contributed by atoms with Crippen LogP contribution in [0.25, 0.3) is 28.7 Å². The fraction of sp³-hybridized carbons (Fsp3) is 0.250. The van der Waals surface area contributed by atoms with Crippen LogP contribution in [0.15, 0.2) is 66.7 Å². The highest BCUT2D eigenvalue weighted by Crippen LogP contribution is 2.24. The predicted octanol–water partition coefficient (Wildman–Crippen LogP) is 6.09. The Morgan fingerprint density at radius 2 is 1.65 bits per heavy atom. The van der Waals surface area contributed by atoms with Crippen molar-refractivity contribution in [1.82, 2.24) is 4.57 Å². The Balaban J connectivity index is 1.68. The molecule has 0 aliphatic heterocycles. The second-order valence-electron chi connectivity index (χ2n) is 8.60. The average Bonchev–Trinajstić information content (AvgIpc) is 3.06. The molecule has 0 radical (unpaired) electrons. The molecule has 4 rings (SSSR count). The number of aryl methyl sites for hydroxylation is 2. The number of nitrogens with zero attached hydrogens (tertiary/aromatic N) is 3. The minimum absolute atomic E-state index is 0.475. The van der Waals surface area contributed by atoms with Gasteiger partial charge in [-0.05, 0) is 75.7 Å². The van der Waals surface area contributed by atoms with Crippen LogP contribution in [0.3, 0.4) is 0 Å². The highest BCUT2D eigenvalue weighted by atomic mass is 15.1. The van der Waals surface area contributed by atoms with E-state index in [0.29, 0.717) is 6.04 Å². The molecule has 0 fully saturated rings. The number of pyridine rings is 1. The van der Waals surface area contributed by atoms with Crippen LogP contribution in [0.2, 0.25) is 0 Å². The van der Waals surface area contributed by atoms with Gasteiger partial charge in [-0.25, -0.2) is 0 Å². The van der Waals surface area contributed by atoms with Crippen molar-refractivity contribution in [2.45, 2.75) is 33.7 Å². The van der Waals surface area contributed by atoms with Gasteiger partial charge in [0.2, 0.25) is 11.2 Å². The highest BCUT2D eigenvalue weighted by Gasteiger charge is 2.13. The Morgan fingerprint density at radius 1 is 0.903 bits per heavy atom. The lowest BCUT2D eigenvalue weighted by Crippen LogP contribution is -2.33. The molecule has 0 saturated heterocycles. The molecule has 0 spiro atoms. The first-order valence-electron chi connectivity index (χ1n) is 10.9. The molecule has 0 bridgehead atoms. The SMILES string of the molecule is Cc1cc(C=Cc2ccc3cc(N(C)C(C)C)ccc3[n+]2C)c(C)n1-c1ccccc1. The van der Waals surface area contributed by atoms with Gasteiger partial charge in [0.1, 0.15) is 7.05 Å². The number of anilines is 1. The van der Waals surface area contributed by atoms with Crippen LogP contribution in [0.5, 0.6) is 0 Å². The van der Waals surface area contributed by atoms with Crippen LogP contribution in [0.1, 0.15) is 36.5 Å². The molecule has 2 aromatic heterocycles. The number of para-hydroxylation sites is 1. The average molecular weight is 411 g/mol. The molecule has 0 aliphatic rings. The van der Waals surface area contributed by atoms with Crippen LogP contribution >= 0.6 is 0 Å². The van der Waals surface area contributed by atoms with E-state index in [1.807, 2.05) is 0 Å². The topological polar surface area (TPSA) is 12.1 Å². The molecule has 31 heavy (non-hydrogen) atoms. The largest absolute Gasteiger partial charge is 0.372 e. The van der Waals surface area contributed by atoms with E-state index in [4.69, 9.17) is 0 Å². The molecule has 0 unspecified atom stereocenters. The lowest BCUT2D eigenvalue weighted by molar-refractivity contribution is -0.646. The highest BCUT2D eigenvalue weighted by molar-refractivity contribution is 5.81. The summed E-state index contributed by atoms with van der Waals surface area (Å²) < 4.78 is 4.58. The molecule has 2 aromatic carbocycles. The minimum Gasteiger partial charge on any atom is -0.372 e. The van der Waals surface area contributed by atoms with E-state index >= 15 is 0 Å². The second kappa shape index (κ2) is 8.43. The van der Waals surface area contributed by atoms with Crippen LogP contribution in [-0.2, 0) is 7.05 Å². The van der Waals surface area contributed by atoms with Gasteiger partial charge >= 0.3 is 0 Å². The fourth-order valence-electron chi connectivity index (χ4n) is 4.20. The third-order valence-corrected chi connectivity index (χ3v) is 6.29. The van der Waals surface area contributed by atoms with Crippen LogP contribution in [0.4, 0.5) is 5.69 Å². The first kappa shape index (κ1) is 20.9. The monoisotopic (exact) mass is 410 g/mol. The maximum atomic E-state index is 2.31. The molecule has 158 valence electrons. The Labute approximate surface area is 185 Å². The second-order valence-corrected chi connectivity index (χ2v) is 8.60. The van der Waals surface area contributed by atoms with Crippen molar-refractivity contribution in [2.75, 3.05) is 11.9 Å². The zero-order valence-electron chi connectivity index (χ0n) is 19.4. The molecule has 4 aromatic rings. The molecule has 3 nitrogen and oxygen atoms in total. The van der Waals surface area contributed by atoms with Gasteiger partial charge in [0, 0.05) is 59.4 Å². The lowest BCUT2D eigenvalue weighted by Gasteiger charge is -2.23. The summed E-state index contributed by atoms with van der Waals surface area (Å²) in [5.41, 5.74) is 8.61. The number of rotatable bonds is 5. The van der Waals surface area contributed by atoms with E-state index in [2.05, 4.69) is 135 Å². The summed E-state index contributed by atoms with van der Waals surface area (Å²) in [7, 11) is 4.29. The van der Waals surface area contributed by atoms with Gasteiger partial charge in [-0.2, -0.15) is 4.57 Å². The van der Waals surface area contributed by atoms with Crippen molar-refractivity contribution < 1.29 is 4.57 Å². The first-order valence-corrected chi connectivity index (χ1v) is 10.9. The lowest BCUT2D eigenvalue weighted by atomic mass is 10.1. The molecular weight excluding hydrogens is 378 g/mol. The third kappa shape index (κ3) is 4.00. The summed E-state index contributed by atoms with van der Waals surface area (Å²) in [4.78, 5) is 2.30. The maximum Gasteiger partial charge on any atom is 0.212 e. The normalized spacial score (nSPS) is 11.7. The molecule has 0 atom stereocenters. The van der Waals surface area contributed by atoms with Crippen molar-refractivity contribution in [2.24, 2.45) is 7.05 Å².